The number of ether oxygens (including phenoxy) is 5. The van der Waals surface area contributed by atoms with Gasteiger partial charge in [-0.05, 0) is 30.3 Å². The first kappa shape index (κ1) is 19.8. The van der Waals surface area contributed by atoms with Gasteiger partial charge in [-0.15, -0.1) is 11.3 Å². The first-order chi connectivity index (χ1) is 14.6. The fraction of sp³-hybridized carbons (Fsp3) is 0.238. The van der Waals surface area contributed by atoms with Crippen LogP contribution in [0.25, 0.3) is 11.3 Å². The predicted molar refractivity (Wildman–Crippen MR) is 113 cm³/mol. The van der Waals surface area contributed by atoms with Crippen molar-refractivity contribution in [2.75, 3.05) is 39.9 Å². The number of carbonyl (C=O) groups excluding carboxylic acids is 1. The number of hydrogen-bond donors (Lipinski definition) is 1. The zero-order valence-electron chi connectivity index (χ0n) is 16.7. The lowest BCUT2D eigenvalue weighted by atomic mass is 10.1. The van der Waals surface area contributed by atoms with E-state index >= 15 is 0 Å². The fourth-order valence-electron chi connectivity index (χ4n) is 3.03. The van der Waals surface area contributed by atoms with Crippen molar-refractivity contribution in [2.24, 2.45) is 0 Å². The molecule has 0 unspecified atom stereocenters. The van der Waals surface area contributed by atoms with Gasteiger partial charge in [0.2, 0.25) is 5.75 Å². The van der Waals surface area contributed by atoms with Crippen molar-refractivity contribution >= 4 is 22.4 Å². The van der Waals surface area contributed by atoms with Gasteiger partial charge in [0.1, 0.15) is 13.2 Å². The lowest BCUT2D eigenvalue weighted by molar-refractivity contribution is 0.102. The van der Waals surface area contributed by atoms with Gasteiger partial charge in [0.25, 0.3) is 5.91 Å². The van der Waals surface area contributed by atoms with Crippen LogP contribution in [0.4, 0.5) is 5.13 Å². The van der Waals surface area contributed by atoms with Gasteiger partial charge in [0, 0.05) is 16.5 Å². The Labute approximate surface area is 177 Å². The Kier molecular flexibility index (Phi) is 5.62. The van der Waals surface area contributed by atoms with Crippen LogP contribution in [-0.4, -0.2) is 45.4 Å². The van der Waals surface area contributed by atoms with Crippen LogP contribution in [0.2, 0.25) is 0 Å². The molecule has 3 aromatic rings. The lowest BCUT2D eigenvalue weighted by Gasteiger charge is -2.21. The zero-order chi connectivity index (χ0) is 21.1. The minimum Gasteiger partial charge on any atom is -0.493 e. The van der Waals surface area contributed by atoms with Crippen LogP contribution in [0.1, 0.15) is 10.4 Å². The van der Waals surface area contributed by atoms with Crippen LogP contribution in [0.5, 0.6) is 28.7 Å². The number of carbonyl (C=O) groups is 1. The summed E-state index contributed by atoms with van der Waals surface area (Å²) in [6.45, 7) is 0.856. The van der Waals surface area contributed by atoms with Gasteiger partial charge in [-0.1, -0.05) is 0 Å². The van der Waals surface area contributed by atoms with Crippen LogP contribution in [0.15, 0.2) is 35.7 Å². The minimum atomic E-state index is -0.321. The second kappa shape index (κ2) is 8.50. The molecule has 0 radical (unpaired) electrons. The van der Waals surface area contributed by atoms with Crippen molar-refractivity contribution in [3.8, 4) is 40.0 Å². The molecule has 0 saturated carbocycles. The number of rotatable bonds is 6. The Morgan fingerprint density at radius 3 is 2.53 bits per heavy atom. The summed E-state index contributed by atoms with van der Waals surface area (Å²) in [5.41, 5.74) is 1.96. The molecule has 0 saturated heterocycles. The Hall–Kier alpha value is -3.46. The Balaban J connectivity index is 1.55. The maximum atomic E-state index is 12.8. The Morgan fingerprint density at radius 1 is 1.00 bits per heavy atom. The third-order valence-corrected chi connectivity index (χ3v) is 5.25. The van der Waals surface area contributed by atoms with E-state index in [2.05, 4.69) is 10.3 Å². The van der Waals surface area contributed by atoms with Crippen molar-refractivity contribution in [1.29, 1.82) is 0 Å². The third kappa shape index (κ3) is 3.84. The van der Waals surface area contributed by atoms with Crippen molar-refractivity contribution in [2.45, 2.75) is 0 Å². The lowest BCUT2D eigenvalue weighted by Crippen LogP contribution is -2.18. The highest BCUT2D eigenvalue weighted by molar-refractivity contribution is 7.14. The van der Waals surface area contributed by atoms with E-state index in [-0.39, 0.29) is 5.91 Å². The molecule has 2 aromatic carbocycles. The zero-order valence-corrected chi connectivity index (χ0v) is 17.5. The van der Waals surface area contributed by atoms with Gasteiger partial charge >= 0.3 is 0 Å². The molecule has 0 fully saturated rings. The molecule has 1 aliphatic rings. The van der Waals surface area contributed by atoms with E-state index in [9.17, 15) is 4.79 Å². The quantitative estimate of drug-likeness (QED) is 0.638. The van der Waals surface area contributed by atoms with Crippen LogP contribution < -0.4 is 29.0 Å². The second-order valence-electron chi connectivity index (χ2n) is 6.26. The van der Waals surface area contributed by atoms with E-state index in [0.717, 1.165) is 11.3 Å². The number of fused-ring (bicyclic) bond motifs is 1. The van der Waals surface area contributed by atoms with Crippen molar-refractivity contribution < 1.29 is 28.5 Å². The molecule has 1 aliphatic heterocycles. The smallest absolute Gasteiger partial charge is 0.257 e. The van der Waals surface area contributed by atoms with Gasteiger partial charge in [0.15, 0.2) is 28.1 Å². The molecule has 0 atom stereocenters. The highest BCUT2D eigenvalue weighted by atomic mass is 32.1. The van der Waals surface area contributed by atoms with Gasteiger partial charge in [-0.25, -0.2) is 4.98 Å². The van der Waals surface area contributed by atoms with Crippen LogP contribution >= 0.6 is 11.3 Å². The number of thiazole rings is 1. The van der Waals surface area contributed by atoms with E-state index in [1.54, 1.807) is 26.4 Å². The summed E-state index contributed by atoms with van der Waals surface area (Å²) >= 11 is 1.33. The maximum absolute atomic E-state index is 12.8. The maximum Gasteiger partial charge on any atom is 0.257 e. The van der Waals surface area contributed by atoms with Gasteiger partial charge in [-0.2, -0.15) is 0 Å². The average molecular weight is 428 g/mol. The molecule has 9 heteroatoms. The summed E-state index contributed by atoms with van der Waals surface area (Å²) in [4.78, 5) is 17.3. The van der Waals surface area contributed by atoms with Crippen molar-refractivity contribution in [3.05, 3.63) is 41.3 Å². The summed E-state index contributed by atoms with van der Waals surface area (Å²) in [6.07, 6.45) is 0. The number of aromatic nitrogens is 1. The first-order valence-corrected chi connectivity index (χ1v) is 9.97. The number of benzene rings is 2. The van der Waals surface area contributed by atoms with Crippen molar-refractivity contribution in [3.63, 3.8) is 0 Å². The molecule has 1 amide bonds. The molecule has 4 rings (SSSR count). The molecular weight excluding hydrogens is 408 g/mol. The summed E-state index contributed by atoms with van der Waals surface area (Å²) in [7, 11) is 4.68. The molecule has 2 heterocycles. The number of nitrogens with zero attached hydrogens (tertiary/aromatic N) is 1. The summed E-state index contributed by atoms with van der Waals surface area (Å²) in [5, 5.41) is 5.15. The second-order valence-corrected chi connectivity index (χ2v) is 7.12. The SMILES string of the molecule is COc1ccc(-c2csc(NC(=O)c3cc(OC)c4c(c3)OCCO4)n2)cc1OC. The molecule has 8 nitrogen and oxygen atoms in total. The van der Waals surface area contributed by atoms with E-state index in [1.165, 1.54) is 18.4 Å². The van der Waals surface area contributed by atoms with Gasteiger partial charge in [-0.3, -0.25) is 10.1 Å². The normalized spacial score (nSPS) is 12.2. The monoisotopic (exact) mass is 428 g/mol. The van der Waals surface area contributed by atoms with E-state index in [4.69, 9.17) is 23.7 Å². The number of hydrogen-bond acceptors (Lipinski definition) is 8. The third-order valence-electron chi connectivity index (χ3n) is 4.49. The molecule has 0 spiro atoms. The largest absolute Gasteiger partial charge is 0.493 e. The van der Waals surface area contributed by atoms with Crippen LogP contribution in [-0.2, 0) is 0 Å². The van der Waals surface area contributed by atoms with Crippen LogP contribution in [0.3, 0.4) is 0 Å². The summed E-state index contributed by atoms with van der Waals surface area (Å²) in [5.74, 6) is 2.36. The van der Waals surface area contributed by atoms with E-state index < -0.39 is 0 Å². The van der Waals surface area contributed by atoms with E-state index in [0.29, 0.717) is 52.7 Å². The summed E-state index contributed by atoms with van der Waals surface area (Å²) < 4.78 is 27.1. The topological polar surface area (TPSA) is 88.1 Å². The van der Waals surface area contributed by atoms with E-state index in [1.807, 2.05) is 23.6 Å². The predicted octanol–water partition coefficient (Wildman–Crippen LogP) is 3.86. The Bertz CT molecular complexity index is 1060. The molecular formula is C21H20N2O6S. The van der Waals surface area contributed by atoms with Crippen molar-refractivity contribution in [1.82, 2.24) is 4.98 Å². The molecule has 0 bridgehead atoms. The van der Waals surface area contributed by atoms with Gasteiger partial charge < -0.3 is 23.7 Å². The fourth-order valence-corrected chi connectivity index (χ4v) is 3.75. The molecule has 1 aromatic heterocycles. The van der Waals surface area contributed by atoms with Gasteiger partial charge in [0.05, 0.1) is 27.0 Å². The average Bonchev–Trinajstić information content (AvgIpc) is 3.26. The summed E-state index contributed by atoms with van der Waals surface area (Å²) in [6, 6.07) is 8.78. The Morgan fingerprint density at radius 2 is 1.77 bits per heavy atom. The molecule has 1 N–H and O–H groups in total. The van der Waals surface area contributed by atoms with Crippen LogP contribution in [0, 0.1) is 0 Å². The first-order valence-electron chi connectivity index (χ1n) is 9.10. The highest BCUT2D eigenvalue weighted by Gasteiger charge is 2.21. The minimum absolute atomic E-state index is 0.321. The molecule has 0 aliphatic carbocycles. The standard InChI is InChI=1S/C21H20N2O6S/c1-25-15-5-4-12(8-16(15)26-2)14-11-30-21(22-14)23-20(24)13-9-17(27-3)19-18(10-13)28-6-7-29-19/h4-5,8-11H,6-7H2,1-3H3,(H,22,23,24). The molecule has 30 heavy (non-hydrogen) atoms. The number of methoxy groups -OCH3 is 3. The highest BCUT2D eigenvalue weighted by Crippen LogP contribution is 2.40. The number of nitrogens with one attached hydrogen (secondary N) is 1. The number of amides is 1. The molecule has 156 valence electrons. The number of anilines is 1.